The van der Waals surface area contributed by atoms with E-state index in [0.29, 0.717) is 0 Å². The molecule has 0 radical (unpaired) electrons. The molecule has 1 heterocycles. The second-order valence-corrected chi connectivity index (χ2v) is 4.94. The molecule has 0 spiro atoms. The van der Waals surface area contributed by atoms with Crippen LogP contribution in [0.2, 0.25) is 0 Å². The van der Waals surface area contributed by atoms with Crippen LogP contribution in [0.15, 0.2) is 54.6 Å². The average Bonchev–Trinajstić information content (AvgIpc) is 2.86. The zero-order chi connectivity index (χ0) is 13.9. The van der Waals surface area contributed by atoms with E-state index in [2.05, 4.69) is 54.0 Å². The summed E-state index contributed by atoms with van der Waals surface area (Å²) in [6, 6.07) is 19.0. The topological polar surface area (TPSA) is 14.2 Å². The van der Waals surface area contributed by atoms with E-state index in [-0.39, 0.29) is 0 Å². The van der Waals surface area contributed by atoms with Crippen LogP contribution in [0.3, 0.4) is 0 Å². The third kappa shape index (κ3) is 2.07. The summed E-state index contributed by atoms with van der Waals surface area (Å²) in [6.45, 7) is 3.22. The number of ether oxygens (including phenoxy) is 1. The van der Waals surface area contributed by atoms with Crippen molar-refractivity contribution in [2.45, 2.75) is 19.9 Å². The van der Waals surface area contributed by atoms with Gasteiger partial charge in [0.25, 0.3) is 0 Å². The van der Waals surface area contributed by atoms with E-state index in [4.69, 9.17) is 4.74 Å². The molecule has 0 aliphatic carbocycles. The summed E-state index contributed by atoms with van der Waals surface area (Å²) in [5.74, 6) is 0.924. The van der Waals surface area contributed by atoms with Gasteiger partial charge in [-0.15, -0.1) is 0 Å². The van der Waals surface area contributed by atoms with Gasteiger partial charge in [0.05, 0.1) is 12.8 Å². The molecule has 0 saturated carbocycles. The van der Waals surface area contributed by atoms with E-state index < -0.39 is 0 Å². The lowest BCUT2D eigenvalue weighted by atomic mass is 10.1. The molecule has 0 bridgehead atoms. The van der Waals surface area contributed by atoms with Crippen LogP contribution in [-0.2, 0) is 6.54 Å². The molecule has 1 aromatic heterocycles. The Labute approximate surface area is 119 Å². The van der Waals surface area contributed by atoms with Gasteiger partial charge in [0.2, 0.25) is 0 Å². The average molecular weight is 265 g/mol. The van der Waals surface area contributed by atoms with Gasteiger partial charge in [0.1, 0.15) is 5.75 Å². The summed E-state index contributed by atoms with van der Waals surface area (Å²) in [5.41, 5.74) is 3.67. The molecule has 2 nitrogen and oxygen atoms in total. The number of hydrogen-bond donors (Lipinski definition) is 0. The fourth-order valence-corrected chi connectivity index (χ4v) is 2.75. The first-order valence-electron chi connectivity index (χ1n) is 7.06. The lowest BCUT2D eigenvalue weighted by Gasteiger charge is -2.12. The van der Waals surface area contributed by atoms with E-state index in [1.54, 1.807) is 7.11 Å². The lowest BCUT2D eigenvalue weighted by Crippen LogP contribution is -1.99. The second-order valence-electron chi connectivity index (χ2n) is 4.94. The van der Waals surface area contributed by atoms with Gasteiger partial charge in [-0.2, -0.15) is 0 Å². The molecule has 20 heavy (non-hydrogen) atoms. The normalized spacial score (nSPS) is 10.9. The Morgan fingerprint density at radius 2 is 1.75 bits per heavy atom. The molecule has 0 fully saturated rings. The van der Waals surface area contributed by atoms with Crippen molar-refractivity contribution >= 4 is 10.9 Å². The quantitative estimate of drug-likeness (QED) is 0.665. The molecular weight excluding hydrogens is 246 g/mol. The Morgan fingerprint density at radius 1 is 1.00 bits per heavy atom. The summed E-state index contributed by atoms with van der Waals surface area (Å²) in [7, 11) is 1.73. The molecule has 0 atom stereocenters. The number of hydrogen-bond acceptors (Lipinski definition) is 1. The maximum atomic E-state index is 5.52. The summed E-state index contributed by atoms with van der Waals surface area (Å²) in [6.07, 6.45) is 1.11. The van der Waals surface area contributed by atoms with Gasteiger partial charge in [-0.25, -0.2) is 0 Å². The standard InChI is InChI=1S/C18H19NO/c1-3-12-19-16-10-6-4-8-14(16)13-17(19)15-9-5-7-11-18(15)20-2/h4-11,13H,3,12H2,1-2H3. The predicted octanol–water partition coefficient (Wildman–Crippen LogP) is 4.73. The van der Waals surface area contributed by atoms with Crippen LogP contribution in [0.5, 0.6) is 5.75 Å². The van der Waals surface area contributed by atoms with Gasteiger partial charge in [-0.3, -0.25) is 0 Å². The number of para-hydroxylation sites is 2. The van der Waals surface area contributed by atoms with Crippen molar-refractivity contribution in [2.24, 2.45) is 0 Å². The highest BCUT2D eigenvalue weighted by Gasteiger charge is 2.13. The molecule has 0 saturated heterocycles. The first-order valence-corrected chi connectivity index (χ1v) is 7.06. The minimum absolute atomic E-state index is 0.924. The van der Waals surface area contributed by atoms with Gasteiger partial charge in [0.15, 0.2) is 0 Å². The molecule has 3 rings (SSSR count). The monoisotopic (exact) mass is 265 g/mol. The SMILES string of the molecule is CCCn1c(-c2ccccc2OC)cc2ccccc21. The van der Waals surface area contributed by atoms with Crippen LogP contribution in [0.1, 0.15) is 13.3 Å². The fraction of sp³-hybridized carbons (Fsp3) is 0.222. The minimum Gasteiger partial charge on any atom is -0.496 e. The van der Waals surface area contributed by atoms with Crippen molar-refractivity contribution in [1.29, 1.82) is 0 Å². The predicted molar refractivity (Wildman–Crippen MR) is 84.2 cm³/mol. The second kappa shape index (κ2) is 5.41. The van der Waals surface area contributed by atoms with Gasteiger partial charge in [-0.05, 0) is 30.7 Å². The van der Waals surface area contributed by atoms with Crippen LogP contribution >= 0.6 is 0 Å². The van der Waals surface area contributed by atoms with Crippen molar-refractivity contribution in [2.75, 3.05) is 7.11 Å². The Balaban J connectivity index is 2.27. The van der Waals surface area contributed by atoms with Gasteiger partial charge in [-0.1, -0.05) is 37.3 Å². The van der Waals surface area contributed by atoms with Crippen LogP contribution < -0.4 is 4.74 Å². The molecular formula is C18H19NO. The summed E-state index contributed by atoms with van der Waals surface area (Å²) >= 11 is 0. The number of benzene rings is 2. The zero-order valence-corrected chi connectivity index (χ0v) is 12.0. The maximum absolute atomic E-state index is 5.52. The van der Waals surface area contributed by atoms with Gasteiger partial charge < -0.3 is 9.30 Å². The first kappa shape index (κ1) is 12.8. The Morgan fingerprint density at radius 3 is 2.55 bits per heavy atom. The molecule has 0 aliphatic rings. The minimum atomic E-state index is 0.924. The molecule has 0 amide bonds. The summed E-state index contributed by atoms with van der Waals surface area (Å²) < 4.78 is 7.90. The largest absolute Gasteiger partial charge is 0.496 e. The molecule has 0 unspecified atom stereocenters. The van der Waals surface area contributed by atoms with Crippen molar-refractivity contribution < 1.29 is 4.74 Å². The molecule has 3 aromatic rings. The van der Waals surface area contributed by atoms with Gasteiger partial charge >= 0.3 is 0 Å². The van der Waals surface area contributed by atoms with Crippen LogP contribution in [0.25, 0.3) is 22.2 Å². The highest BCUT2D eigenvalue weighted by Crippen LogP contribution is 2.34. The van der Waals surface area contributed by atoms with E-state index >= 15 is 0 Å². The lowest BCUT2D eigenvalue weighted by molar-refractivity contribution is 0.416. The number of methoxy groups -OCH3 is 1. The Kier molecular flexibility index (Phi) is 3.46. The first-order chi connectivity index (χ1) is 9.85. The fourth-order valence-electron chi connectivity index (χ4n) is 2.75. The van der Waals surface area contributed by atoms with Crippen molar-refractivity contribution in [3.63, 3.8) is 0 Å². The van der Waals surface area contributed by atoms with Crippen molar-refractivity contribution in [3.8, 4) is 17.0 Å². The third-order valence-corrected chi connectivity index (χ3v) is 3.64. The highest BCUT2D eigenvalue weighted by atomic mass is 16.5. The summed E-state index contributed by atoms with van der Waals surface area (Å²) in [4.78, 5) is 0. The van der Waals surface area contributed by atoms with Crippen molar-refractivity contribution in [1.82, 2.24) is 4.57 Å². The molecule has 102 valence electrons. The number of rotatable bonds is 4. The Bertz CT molecular complexity index is 727. The highest BCUT2D eigenvalue weighted by molar-refractivity contribution is 5.88. The molecule has 0 N–H and O–H groups in total. The van der Waals surface area contributed by atoms with E-state index in [1.807, 2.05) is 12.1 Å². The number of nitrogens with zero attached hydrogens (tertiary/aromatic N) is 1. The van der Waals surface area contributed by atoms with E-state index in [0.717, 1.165) is 24.3 Å². The van der Waals surface area contributed by atoms with E-state index in [9.17, 15) is 0 Å². The number of aryl methyl sites for hydroxylation is 1. The van der Waals surface area contributed by atoms with Crippen LogP contribution in [-0.4, -0.2) is 11.7 Å². The van der Waals surface area contributed by atoms with Crippen LogP contribution in [0, 0.1) is 0 Å². The van der Waals surface area contributed by atoms with E-state index in [1.165, 1.54) is 16.6 Å². The smallest absolute Gasteiger partial charge is 0.128 e. The zero-order valence-electron chi connectivity index (χ0n) is 12.0. The van der Waals surface area contributed by atoms with Crippen molar-refractivity contribution in [3.05, 3.63) is 54.6 Å². The molecule has 0 aliphatic heterocycles. The number of fused-ring (bicyclic) bond motifs is 1. The summed E-state index contributed by atoms with van der Waals surface area (Å²) in [5, 5.41) is 1.28. The molecule has 2 heteroatoms. The third-order valence-electron chi connectivity index (χ3n) is 3.64. The molecule has 2 aromatic carbocycles. The number of aromatic nitrogens is 1. The maximum Gasteiger partial charge on any atom is 0.128 e. The van der Waals surface area contributed by atoms with Crippen LogP contribution in [0.4, 0.5) is 0 Å². The van der Waals surface area contributed by atoms with Gasteiger partial charge in [0, 0.05) is 23.0 Å². The Hall–Kier alpha value is -2.22.